The molecular weight excluding hydrogens is 411 g/mol. The average Bonchev–Trinajstić information content (AvgIpc) is 2.70. The number of hydrogen-bond donors (Lipinski definition) is 0. The third kappa shape index (κ3) is 7.70. The number of likely N-dealkylation sites (N-methyl/N-ethyl adjacent to an activating group) is 1. The van der Waals surface area contributed by atoms with Crippen LogP contribution in [0.3, 0.4) is 0 Å². The summed E-state index contributed by atoms with van der Waals surface area (Å²) in [7, 11) is 12.2. The van der Waals surface area contributed by atoms with Gasteiger partial charge in [-0.25, -0.2) is 0 Å². The number of rotatable bonds is 10. The second-order valence-electron chi connectivity index (χ2n) is 6.18. The minimum absolute atomic E-state index is 0.373. The highest BCUT2D eigenvalue weighted by Crippen LogP contribution is 2.35. The first kappa shape index (κ1) is 22.5. The summed E-state index contributed by atoms with van der Waals surface area (Å²) >= 11 is 0. The van der Waals surface area contributed by atoms with Gasteiger partial charge >= 0.3 is 0 Å². The fraction of sp³-hybridized carbons (Fsp3) is 0.263. The average molecular weight is 440 g/mol. The highest BCUT2D eigenvalue weighted by Gasteiger charge is 2.15. The van der Waals surface area contributed by atoms with Gasteiger partial charge in [-0.3, -0.25) is 9.11 Å². The minimum atomic E-state index is 0.373. The minimum Gasteiger partial charge on any atom is -0.277 e. The molecule has 7 heteroatoms. The Balaban J connectivity index is 2.14. The number of benzene rings is 2. The van der Waals surface area contributed by atoms with Crippen molar-refractivity contribution >= 4 is 44.1 Å². The van der Waals surface area contributed by atoms with Gasteiger partial charge < -0.3 is 0 Å². The molecule has 2 aromatic carbocycles. The molecule has 5 unspecified atom stereocenters. The lowest BCUT2D eigenvalue weighted by Crippen LogP contribution is -2.26. The van der Waals surface area contributed by atoms with Crippen molar-refractivity contribution in [2.45, 2.75) is 24.9 Å². The molecule has 26 heavy (non-hydrogen) atoms. The summed E-state index contributed by atoms with van der Waals surface area (Å²) in [5.74, 6) is 0. The predicted octanol–water partition coefficient (Wildman–Crippen LogP) is 5.56. The van der Waals surface area contributed by atoms with Crippen LogP contribution in [0.1, 0.15) is 11.1 Å². The zero-order chi connectivity index (χ0) is 18.8. The molecule has 0 bridgehead atoms. The fourth-order valence-electron chi connectivity index (χ4n) is 2.75. The van der Waals surface area contributed by atoms with Crippen LogP contribution >= 0.6 is 44.1 Å². The van der Waals surface area contributed by atoms with Gasteiger partial charge in [0.15, 0.2) is 0 Å². The highest BCUT2D eigenvalue weighted by atomic mass is 32.0. The highest BCUT2D eigenvalue weighted by molar-refractivity contribution is 8.02. The maximum absolute atomic E-state index is 2.88. The Kier molecular flexibility index (Phi) is 11.0. The van der Waals surface area contributed by atoms with Crippen LogP contribution in [0.5, 0.6) is 0 Å². The van der Waals surface area contributed by atoms with E-state index < -0.39 is 0 Å². The third-order valence-electron chi connectivity index (χ3n) is 4.34. The molecule has 0 saturated heterocycles. The summed E-state index contributed by atoms with van der Waals surface area (Å²) in [6.45, 7) is 0. The largest absolute Gasteiger partial charge is 0.277 e. The number of hydrogen-bond acceptors (Lipinski definition) is 2. The molecule has 0 spiro atoms. The van der Waals surface area contributed by atoms with E-state index in [1.165, 1.54) is 11.1 Å². The quantitative estimate of drug-likeness (QED) is 0.353. The summed E-state index contributed by atoms with van der Waals surface area (Å²) in [4.78, 5) is 0. The van der Waals surface area contributed by atoms with Crippen LogP contribution in [-0.2, 0) is 12.8 Å². The Morgan fingerprint density at radius 1 is 0.808 bits per heavy atom. The van der Waals surface area contributed by atoms with Crippen LogP contribution < -0.4 is 0 Å². The van der Waals surface area contributed by atoms with Crippen molar-refractivity contribution in [1.29, 1.82) is 0 Å². The van der Waals surface area contributed by atoms with Gasteiger partial charge in [0.25, 0.3) is 0 Å². The van der Waals surface area contributed by atoms with E-state index in [1.54, 1.807) is 0 Å². The molecule has 0 saturated carbocycles. The van der Waals surface area contributed by atoms with Gasteiger partial charge in [-0.1, -0.05) is 100 Å². The Hall–Kier alpha value is 0.250. The van der Waals surface area contributed by atoms with Crippen molar-refractivity contribution in [3.05, 3.63) is 83.9 Å². The van der Waals surface area contributed by atoms with Crippen molar-refractivity contribution in [2.24, 2.45) is 0 Å². The van der Waals surface area contributed by atoms with E-state index in [0.29, 0.717) is 28.9 Å². The molecule has 0 fully saturated rings. The molecule has 2 nitrogen and oxygen atoms in total. The molecule has 0 N–H and O–H groups in total. The van der Waals surface area contributed by atoms with Crippen LogP contribution in [0.4, 0.5) is 0 Å². The van der Waals surface area contributed by atoms with E-state index in [9.17, 15) is 0 Å². The summed E-state index contributed by atoms with van der Waals surface area (Å²) in [6, 6.07) is 22.3. The molecule has 0 amide bonds. The van der Waals surface area contributed by atoms with Crippen LogP contribution in [0, 0.1) is 0 Å². The lowest BCUT2D eigenvalue weighted by molar-refractivity contribution is 0.467. The van der Waals surface area contributed by atoms with Gasteiger partial charge in [0.2, 0.25) is 0 Å². The fourth-order valence-corrected chi connectivity index (χ4v) is 4.84. The summed E-state index contributed by atoms with van der Waals surface area (Å²) in [6.07, 6.45) is 6.83. The number of nitrogens with zero attached hydrogens (tertiary/aromatic N) is 2. The monoisotopic (exact) mass is 440 g/mol. The summed E-state index contributed by atoms with van der Waals surface area (Å²) in [5.41, 5.74) is 2.76. The first-order chi connectivity index (χ1) is 12.6. The Labute approximate surface area is 169 Å². The molecule has 140 valence electrons. The van der Waals surface area contributed by atoms with E-state index >= 15 is 0 Å². The van der Waals surface area contributed by atoms with Gasteiger partial charge in [0.1, 0.15) is 0 Å². The second-order valence-corrected chi connectivity index (χ2v) is 10.5. The molecule has 2 rings (SSSR count). The normalized spacial score (nSPS) is 15.2. The van der Waals surface area contributed by atoms with Crippen molar-refractivity contribution in [3.63, 3.8) is 0 Å². The molecule has 2 aromatic rings. The van der Waals surface area contributed by atoms with Crippen LogP contribution in [0.25, 0.3) is 0 Å². The topological polar surface area (TPSA) is 6.48 Å². The predicted molar refractivity (Wildman–Crippen MR) is 132 cm³/mol. The van der Waals surface area contributed by atoms with Crippen LogP contribution in [-0.4, -0.2) is 28.2 Å². The standard InChI is InChI=1S/C19H29N2P5/c1-20(25-23)18(14-16-8-4-2-5-9-16)12-13-19(21(22)26-24)15-17-10-6-3-7-11-17/h2-13,18-19,25-26H,14-15,22-24H2,1H3/b13-12+/t18-,19-/m1/s1. The van der Waals surface area contributed by atoms with Crippen molar-refractivity contribution < 1.29 is 0 Å². The first-order valence-corrected chi connectivity index (χ1v) is 14.6. The smallest absolute Gasteiger partial charge is 0.0391 e. The van der Waals surface area contributed by atoms with E-state index in [4.69, 9.17) is 0 Å². The molecule has 7 atom stereocenters. The maximum atomic E-state index is 2.88. The third-order valence-corrected chi connectivity index (χ3v) is 9.55. The van der Waals surface area contributed by atoms with Gasteiger partial charge in [0, 0.05) is 12.1 Å². The molecule has 0 radical (unpaired) electrons. The van der Waals surface area contributed by atoms with Crippen molar-refractivity contribution in [3.8, 4) is 0 Å². The van der Waals surface area contributed by atoms with Gasteiger partial charge in [-0.15, -0.1) is 0 Å². The summed E-state index contributed by atoms with van der Waals surface area (Å²) in [5, 5.41) is 0. The van der Waals surface area contributed by atoms with Gasteiger partial charge in [-0.05, 0) is 47.9 Å². The zero-order valence-electron chi connectivity index (χ0n) is 15.1. The van der Waals surface area contributed by atoms with E-state index in [2.05, 4.69) is 116 Å². The molecular formula is C19H29N2P5. The Morgan fingerprint density at radius 3 is 1.73 bits per heavy atom. The lowest BCUT2D eigenvalue weighted by Gasteiger charge is -2.27. The Morgan fingerprint density at radius 2 is 1.27 bits per heavy atom. The van der Waals surface area contributed by atoms with E-state index in [-0.39, 0.29) is 0 Å². The van der Waals surface area contributed by atoms with Crippen molar-refractivity contribution in [2.75, 3.05) is 7.05 Å². The van der Waals surface area contributed by atoms with Gasteiger partial charge in [0.05, 0.1) is 0 Å². The first-order valence-electron chi connectivity index (χ1n) is 8.59. The second kappa shape index (κ2) is 12.7. The van der Waals surface area contributed by atoms with E-state index in [0.717, 1.165) is 12.8 Å². The lowest BCUT2D eigenvalue weighted by atomic mass is 10.0. The van der Waals surface area contributed by atoms with Gasteiger partial charge in [-0.2, -0.15) is 0 Å². The van der Waals surface area contributed by atoms with Crippen LogP contribution in [0.15, 0.2) is 72.8 Å². The van der Waals surface area contributed by atoms with Crippen LogP contribution in [0.2, 0.25) is 0 Å². The molecule has 0 aliphatic carbocycles. The molecule has 0 aliphatic rings. The van der Waals surface area contributed by atoms with Crippen molar-refractivity contribution in [1.82, 2.24) is 9.11 Å². The summed E-state index contributed by atoms with van der Waals surface area (Å²) < 4.78 is 4.74. The van der Waals surface area contributed by atoms with E-state index in [1.807, 2.05) is 0 Å². The molecule has 0 heterocycles. The maximum Gasteiger partial charge on any atom is 0.0391 e. The molecule has 0 aliphatic heterocycles. The molecule has 0 aromatic heterocycles. The zero-order valence-corrected chi connectivity index (χ0v) is 20.6. The Bertz CT molecular complexity index is 596. The SMILES string of the molecule is CN(PP)[C@H](/C=C/[C@H](Cc1ccccc1)N(P)PP)Cc1ccccc1.